The smallest absolute Gasteiger partial charge is 0.245 e. The van der Waals surface area contributed by atoms with E-state index in [2.05, 4.69) is 10.4 Å². The van der Waals surface area contributed by atoms with Gasteiger partial charge in [0.05, 0.1) is 5.69 Å². The van der Waals surface area contributed by atoms with E-state index in [9.17, 15) is 9.59 Å². The SMILES string of the molecule is CCCc1nn(C(C)=O)c(NC(C)=O)c1C. The summed E-state index contributed by atoms with van der Waals surface area (Å²) in [6, 6.07) is 0. The molecule has 0 bridgehead atoms. The number of amides is 1. The Morgan fingerprint density at radius 3 is 2.44 bits per heavy atom. The van der Waals surface area contributed by atoms with Crippen molar-refractivity contribution in [3.8, 4) is 0 Å². The molecule has 1 heterocycles. The van der Waals surface area contributed by atoms with Gasteiger partial charge in [-0.15, -0.1) is 0 Å². The lowest BCUT2D eigenvalue weighted by molar-refractivity contribution is -0.114. The normalized spacial score (nSPS) is 10.2. The molecular formula is C11H17N3O2. The maximum Gasteiger partial charge on any atom is 0.245 e. The number of carbonyl (C=O) groups excluding carboxylic acids is 2. The second kappa shape index (κ2) is 4.92. The molecule has 0 aliphatic carbocycles. The first-order chi connectivity index (χ1) is 7.47. The summed E-state index contributed by atoms with van der Waals surface area (Å²) in [5, 5.41) is 6.85. The Labute approximate surface area is 94.8 Å². The highest BCUT2D eigenvalue weighted by molar-refractivity contribution is 5.91. The maximum atomic E-state index is 11.4. The molecule has 88 valence electrons. The van der Waals surface area contributed by atoms with Crippen molar-refractivity contribution in [2.45, 2.75) is 40.5 Å². The molecule has 0 unspecified atom stereocenters. The number of hydrogen-bond acceptors (Lipinski definition) is 3. The van der Waals surface area contributed by atoms with Crippen LogP contribution in [0.2, 0.25) is 0 Å². The van der Waals surface area contributed by atoms with Crippen molar-refractivity contribution >= 4 is 17.6 Å². The Hall–Kier alpha value is -1.65. The van der Waals surface area contributed by atoms with E-state index in [0.29, 0.717) is 5.82 Å². The minimum Gasteiger partial charge on any atom is -0.311 e. The van der Waals surface area contributed by atoms with E-state index in [1.54, 1.807) is 0 Å². The van der Waals surface area contributed by atoms with Crippen LogP contribution in [0.15, 0.2) is 0 Å². The number of aryl methyl sites for hydroxylation is 1. The Balaban J connectivity index is 3.20. The Kier molecular flexibility index (Phi) is 3.82. The summed E-state index contributed by atoms with van der Waals surface area (Å²) in [6.07, 6.45) is 1.76. The van der Waals surface area contributed by atoms with E-state index in [4.69, 9.17) is 0 Å². The van der Waals surface area contributed by atoms with E-state index in [-0.39, 0.29) is 11.8 Å². The van der Waals surface area contributed by atoms with Gasteiger partial charge in [-0.3, -0.25) is 9.59 Å². The fraction of sp³-hybridized carbons (Fsp3) is 0.545. The quantitative estimate of drug-likeness (QED) is 0.849. The maximum absolute atomic E-state index is 11.4. The summed E-state index contributed by atoms with van der Waals surface area (Å²) >= 11 is 0. The van der Waals surface area contributed by atoms with E-state index in [1.165, 1.54) is 18.5 Å². The van der Waals surface area contributed by atoms with Crippen LogP contribution in [0.4, 0.5) is 5.82 Å². The fourth-order valence-corrected chi connectivity index (χ4v) is 1.56. The zero-order valence-electron chi connectivity index (χ0n) is 10.1. The minimum absolute atomic E-state index is 0.200. The minimum atomic E-state index is -0.200. The largest absolute Gasteiger partial charge is 0.311 e. The van der Waals surface area contributed by atoms with Gasteiger partial charge in [-0.25, -0.2) is 0 Å². The highest BCUT2D eigenvalue weighted by atomic mass is 16.2. The first kappa shape index (κ1) is 12.4. The summed E-state index contributed by atoms with van der Waals surface area (Å²) in [7, 11) is 0. The fourth-order valence-electron chi connectivity index (χ4n) is 1.56. The Morgan fingerprint density at radius 1 is 1.38 bits per heavy atom. The number of aromatic nitrogens is 2. The van der Waals surface area contributed by atoms with E-state index >= 15 is 0 Å². The topological polar surface area (TPSA) is 64.0 Å². The van der Waals surface area contributed by atoms with Gasteiger partial charge in [0.1, 0.15) is 5.82 Å². The molecule has 1 amide bonds. The highest BCUT2D eigenvalue weighted by Gasteiger charge is 2.16. The molecule has 0 spiro atoms. The molecule has 0 aliphatic rings. The van der Waals surface area contributed by atoms with Crippen LogP contribution in [-0.4, -0.2) is 21.6 Å². The number of nitrogens with zero attached hydrogens (tertiary/aromatic N) is 2. The number of carbonyl (C=O) groups is 2. The molecule has 0 atom stereocenters. The standard InChI is InChI=1S/C11H17N3O2/c1-5-6-10-7(2)11(12-8(3)15)14(13-10)9(4)16/h5-6H2,1-4H3,(H,12,15). The van der Waals surface area contributed by atoms with E-state index in [0.717, 1.165) is 24.1 Å². The van der Waals surface area contributed by atoms with Crippen molar-refractivity contribution in [2.75, 3.05) is 5.32 Å². The summed E-state index contributed by atoms with van der Waals surface area (Å²) in [4.78, 5) is 22.4. The van der Waals surface area contributed by atoms with Crippen molar-refractivity contribution in [3.05, 3.63) is 11.3 Å². The average Bonchev–Trinajstić information content (AvgIpc) is 2.46. The molecule has 1 rings (SSSR count). The molecule has 0 saturated heterocycles. The zero-order chi connectivity index (χ0) is 12.3. The van der Waals surface area contributed by atoms with Gasteiger partial charge in [-0.2, -0.15) is 9.78 Å². The molecule has 0 fully saturated rings. The van der Waals surface area contributed by atoms with Gasteiger partial charge in [0, 0.05) is 19.4 Å². The summed E-state index contributed by atoms with van der Waals surface area (Å²) in [5.41, 5.74) is 1.73. The molecule has 5 heteroatoms. The Bertz CT molecular complexity index is 421. The van der Waals surface area contributed by atoms with Crippen LogP contribution in [0.5, 0.6) is 0 Å². The third-order valence-corrected chi connectivity index (χ3v) is 2.30. The molecular weight excluding hydrogens is 206 g/mol. The Morgan fingerprint density at radius 2 is 2.00 bits per heavy atom. The van der Waals surface area contributed by atoms with E-state index in [1.807, 2.05) is 13.8 Å². The lowest BCUT2D eigenvalue weighted by atomic mass is 10.2. The van der Waals surface area contributed by atoms with Gasteiger partial charge in [-0.1, -0.05) is 13.3 Å². The van der Waals surface area contributed by atoms with Crippen LogP contribution >= 0.6 is 0 Å². The number of rotatable bonds is 3. The summed E-state index contributed by atoms with van der Waals surface area (Å²) in [5.74, 6) is 0.0891. The first-order valence-corrected chi connectivity index (χ1v) is 5.34. The van der Waals surface area contributed by atoms with Gasteiger partial charge in [0.25, 0.3) is 0 Å². The predicted molar refractivity (Wildman–Crippen MR) is 61.6 cm³/mol. The van der Waals surface area contributed by atoms with Gasteiger partial charge in [0.15, 0.2) is 0 Å². The van der Waals surface area contributed by atoms with Crippen LogP contribution in [0.25, 0.3) is 0 Å². The van der Waals surface area contributed by atoms with Crippen molar-refractivity contribution in [2.24, 2.45) is 0 Å². The van der Waals surface area contributed by atoms with Crippen LogP contribution in [0.1, 0.15) is 43.2 Å². The van der Waals surface area contributed by atoms with Crippen molar-refractivity contribution in [1.82, 2.24) is 9.78 Å². The van der Waals surface area contributed by atoms with Crippen LogP contribution in [0, 0.1) is 6.92 Å². The lowest BCUT2D eigenvalue weighted by Gasteiger charge is -2.04. The van der Waals surface area contributed by atoms with Crippen molar-refractivity contribution in [1.29, 1.82) is 0 Å². The summed E-state index contributed by atoms with van der Waals surface area (Å²) in [6.45, 7) is 6.75. The number of anilines is 1. The van der Waals surface area contributed by atoms with E-state index < -0.39 is 0 Å². The van der Waals surface area contributed by atoms with Crippen LogP contribution < -0.4 is 5.32 Å². The lowest BCUT2D eigenvalue weighted by Crippen LogP contribution is -2.16. The zero-order valence-corrected chi connectivity index (χ0v) is 10.1. The summed E-state index contributed by atoms with van der Waals surface area (Å²) < 4.78 is 1.25. The molecule has 0 saturated carbocycles. The van der Waals surface area contributed by atoms with Gasteiger partial charge in [-0.05, 0) is 13.3 Å². The van der Waals surface area contributed by atoms with Crippen LogP contribution in [-0.2, 0) is 11.2 Å². The molecule has 1 N–H and O–H groups in total. The molecule has 0 aromatic carbocycles. The van der Waals surface area contributed by atoms with Gasteiger partial charge < -0.3 is 5.32 Å². The average molecular weight is 223 g/mol. The number of hydrogen-bond donors (Lipinski definition) is 1. The molecule has 0 radical (unpaired) electrons. The van der Waals surface area contributed by atoms with Gasteiger partial charge >= 0.3 is 0 Å². The van der Waals surface area contributed by atoms with Gasteiger partial charge in [0.2, 0.25) is 11.8 Å². The predicted octanol–water partition coefficient (Wildman–Crippen LogP) is 1.76. The molecule has 0 aliphatic heterocycles. The monoisotopic (exact) mass is 223 g/mol. The molecule has 5 nitrogen and oxygen atoms in total. The van der Waals surface area contributed by atoms with Crippen LogP contribution in [0.3, 0.4) is 0 Å². The third kappa shape index (κ3) is 2.48. The molecule has 1 aromatic rings. The molecule has 1 aromatic heterocycles. The highest BCUT2D eigenvalue weighted by Crippen LogP contribution is 2.20. The molecule has 16 heavy (non-hydrogen) atoms. The van der Waals surface area contributed by atoms with Crippen molar-refractivity contribution < 1.29 is 9.59 Å². The second-order valence-corrected chi connectivity index (χ2v) is 3.78. The third-order valence-electron chi connectivity index (χ3n) is 2.30. The van der Waals surface area contributed by atoms with Crippen molar-refractivity contribution in [3.63, 3.8) is 0 Å². The number of nitrogens with one attached hydrogen (secondary N) is 1. The first-order valence-electron chi connectivity index (χ1n) is 5.34. The second-order valence-electron chi connectivity index (χ2n) is 3.78.